The third kappa shape index (κ3) is 4.03. The van der Waals surface area contributed by atoms with E-state index in [9.17, 15) is 5.11 Å². The highest BCUT2D eigenvalue weighted by molar-refractivity contribution is 6.31. The lowest BCUT2D eigenvalue weighted by Crippen LogP contribution is -2.11. The van der Waals surface area contributed by atoms with Gasteiger partial charge in [0.05, 0.1) is 11.6 Å². The predicted octanol–water partition coefficient (Wildman–Crippen LogP) is 6.38. The average Bonchev–Trinajstić information content (AvgIpc) is 2.56. The molecule has 2 aromatic carbocycles. The van der Waals surface area contributed by atoms with Crippen molar-refractivity contribution in [3.63, 3.8) is 0 Å². The van der Waals surface area contributed by atoms with E-state index < -0.39 is 6.10 Å². The summed E-state index contributed by atoms with van der Waals surface area (Å²) in [5, 5.41) is 12.9. The summed E-state index contributed by atoms with van der Waals surface area (Å²) in [5.74, 6) is 0.443. The summed E-state index contributed by atoms with van der Waals surface area (Å²) >= 11 is 12.7. The van der Waals surface area contributed by atoms with Crippen LogP contribution in [0, 0.1) is 5.92 Å². The minimum atomic E-state index is -0.614. The summed E-state index contributed by atoms with van der Waals surface area (Å²) in [5.41, 5.74) is 4.83. The van der Waals surface area contributed by atoms with E-state index in [1.807, 2.05) is 42.5 Å². The van der Waals surface area contributed by atoms with Crippen LogP contribution in [0.3, 0.4) is 0 Å². The third-order valence-corrected chi connectivity index (χ3v) is 5.12. The molecule has 0 bridgehead atoms. The van der Waals surface area contributed by atoms with Gasteiger partial charge < -0.3 is 5.11 Å². The maximum atomic E-state index is 10.6. The number of benzene rings is 2. The molecule has 0 saturated heterocycles. The van der Waals surface area contributed by atoms with Gasteiger partial charge in [-0.2, -0.15) is 0 Å². The van der Waals surface area contributed by atoms with E-state index in [1.165, 1.54) is 0 Å². The second kappa shape index (κ2) is 7.96. The summed E-state index contributed by atoms with van der Waals surface area (Å²) in [6, 6.07) is 13.6. The smallest absolute Gasteiger partial charge is 0.0782 e. The first-order chi connectivity index (χ1) is 12.4. The fourth-order valence-electron chi connectivity index (χ4n) is 3.43. The number of hydrogen-bond donors (Lipinski definition) is 1. The highest BCUT2D eigenvalue weighted by Crippen LogP contribution is 2.34. The molecule has 0 aliphatic rings. The molecule has 1 N–H and O–H groups in total. The van der Waals surface area contributed by atoms with Crippen LogP contribution in [0.15, 0.2) is 42.5 Å². The Morgan fingerprint density at radius 2 is 1.77 bits per heavy atom. The number of pyridine rings is 1. The molecule has 0 radical (unpaired) electrons. The molecular formula is C22H23Cl2NO. The Bertz CT molecular complexity index is 935. The number of halogens is 2. The van der Waals surface area contributed by atoms with E-state index in [1.54, 1.807) is 6.92 Å². The van der Waals surface area contributed by atoms with Crippen LogP contribution in [-0.2, 0) is 12.8 Å². The Labute approximate surface area is 164 Å². The summed E-state index contributed by atoms with van der Waals surface area (Å²) in [6.45, 7) is 6.12. The van der Waals surface area contributed by atoms with Crippen LogP contribution in [-0.4, -0.2) is 10.1 Å². The van der Waals surface area contributed by atoms with Gasteiger partial charge in [0.2, 0.25) is 0 Å². The summed E-state index contributed by atoms with van der Waals surface area (Å²) in [6.07, 6.45) is 0.829. The highest BCUT2D eigenvalue weighted by Gasteiger charge is 2.20. The monoisotopic (exact) mass is 387 g/mol. The maximum Gasteiger partial charge on any atom is 0.0782 e. The highest BCUT2D eigenvalue weighted by atomic mass is 35.5. The molecule has 0 aliphatic heterocycles. The topological polar surface area (TPSA) is 33.1 Å². The van der Waals surface area contributed by atoms with Gasteiger partial charge in [0.15, 0.2) is 0 Å². The Hall–Kier alpha value is -1.61. The van der Waals surface area contributed by atoms with Gasteiger partial charge in [0.1, 0.15) is 0 Å². The SMILES string of the molecule is CC(C)Cc1nc2ccc(Cl)cc2c(Cc2ccccc2Cl)c1C(C)O. The van der Waals surface area contributed by atoms with Crippen molar-refractivity contribution in [2.45, 2.75) is 39.7 Å². The minimum Gasteiger partial charge on any atom is -0.389 e. The lowest BCUT2D eigenvalue weighted by atomic mass is 9.89. The zero-order valence-electron chi connectivity index (χ0n) is 15.3. The molecule has 3 aromatic rings. The molecule has 0 fully saturated rings. The Balaban J connectivity index is 2.29. The molecule has 0 aliphatic carbocycles. The fraction of sp³-hybridized carbons (Fsp3) is 0.318. The van der Waals surface area contributed by atoms with Crippen LogP contribution in [0.2, 0.25) is 10.0 Å². The van der Waals surface area contributed by atoms with Crippen LogP contribution >= 0.6 is 23.2 Å². The number of rotatable bonds is 5. The summed E-state index contributed by atoms with van der Waals surface area (Å²) in [4.78, 5) is 4.85. The number of aliphatic hydroxyl groups excluding tert-OH is 1. The molecule has 1 atom stereocenters. The average molecular weight is 388 g/mol. The van der Waals surface area contributed by atoms with Gasteiger partial charge >= 0.3 is 0 Å². The fourth-order valence-corrected chi connectivity index (χ4v) is 3.81. The summed E-state index contributed by atoms with van der Waals surface area (Å²) in [7, 11) is 0. The van der Waals surface area contributed by atoms with Gasteiger partial charge in [-0.05, 0) is 54.7 Å². The van der Waals surface area contributed by atoms with E-state index in [0.717, 1.165) is 44.7 Å². The van der Waals surface area contributed by atoms with E-state index in [4.69, 9.17) is 28.2 Å². The molecule has 2 nitrogen and oxygen atoms in total. The number of hydrogen-bond acceptors (Lipinski definition) is 2. The quantitative estimate of drug-likeness (QED) is 0.550. The van der Waals surface area contributed by atoms with Gasteiger partial charge in [0.25, 0.3) is 0 Å². The predicted molar refractivity (Wildman–Crippen MR) is 110 cm³/mol. The minimum absolute atomic E-state index is 0.443. The number of fused-ring (bicyclic) bond motifs is 1. The van der Waals surface area contributed by atoms with Crippen LogP contribution in [0.1, 0.15) is 49.3 Å². The largest absolute Gasteiger partial charge is 0.389 e. The number of aliphatic hydroxyl groups is 1. The Morgan fingerprint density at radius 1 is 1.04 bits per heavy atom. The molecule has 1 unspecified atom stereocenters. The van der Waals surface area contributed by atoms with Crippen LogP contribution in [0.25, 0.3) is 10.9 Å². The molecule has 3 rings (SSSR count). The van der Waals surface area contributed by atoms with Crippen LogP contribution < -0.4 is 0 Å². The molecule has 136 valence electrons. The van der Waals surface area contributed by atoms with Gasteiger partial charge in [-0.1, -0.05) is 55.2 Å². The van der Waals surface area contributed by atoms with Crippen molar-refractivity contribution < 1.29 is 5.11 Å². The van der Waals surface area contributed by atoms with Crippen LogP contribution in [0.4, 0.5) is 0 Å². The van der Waals surface area contributed by atoms with Gasteiger partial charge in [-0.15, -0.1) is 0 Å². The van der Waals surface area contributed by atoms with Crippen LogP contribution in [0.5, 0.6) is 0 Å². The van der Waals surface area contributed by atoms with E-state index in [2.05, 4.69) is 13.8 Å². The second-order valence-electron chi connectivity index (χ2n) is 7.15. The lowest BCUT2D eigenvalue weighted by molar-refractivity contribution is 0.196. The maximum absolute atomic E-state index is 10.6. The van der Waals surface area contributed by atoms with Gasteiger partial charge in [-0.25, -0.2) is 0 Å². The zero-order chi connectivity index (χ0) is 18.8. The summed E-state index contributed by atoms with van der Waals surface area (Å²) < 4.78 is 0. The molecule has 0 spiro atoms. The standard InChI is InChI=1S/C22H23Cl2NO/c1-13(2)10-21-22(14(3)26)18(11-15-6-4-5-7-19(15)24)17-12-16(23)8-9-20(17)25-21/h4-9,12-14,26H,10-11H2,1-3H3. The van der Waals surface area contributed by atoms with Crippen molar-refractivity contribution in [2.24, 2.45) is 5.92 Å². The number of nitrogens with zero attached hydrogens (tertiary/aromatic N) is 1. The van der Waals surface area contributed by atoms with Gasteiger partial charge in [-0.3, -0.25) is 4.98 Å². The first-order valence-corrected chi connectivity index (χ1v) is 9.64. The first kappa shape index (κ1) is 19.2. The molecular weight excluding hydrogens is 365 g/mol. The van der Waals surface area contributed by atoms with Crippen molar-refractivity contribution in [1.82, 2.24) is 4.98 Å². The van der Waals surface area contributed by atoms with Gasteiger partial charge in [0, 0.05) is 33.1 Å². The molecule has 1 heterocycles. The van der Waals surface area contributed by atoms with E-state index in [0.29, 0.717) is 17.4 Å². The third-order valence-electron chi connectivity index (χ3n) is 4.52. The Morgan fingerprint density at radius 3 is 2.42 bits per heavy atom. The van der Waals surface area contributed by atoms with Crippen molar-refractivity contribution in [2.75, 3.05) is 0 Å². The second-order valence-corrected chi connectivity index (χ2v) is 8.00. The van der Waals surface area contributed by atoms with Crippen molar-refractivity contribution in [3.05, 3.63) is 74.9 Å². The zero-order valence-corrected chi connectivity index (χ0v) is 16.8. The first-order valence-electron chi connectivity index (χ1n) is 8.89. The van der Waals surface area contributed by atoms with E-state index >= 15 is 0 Å². The Kier molecular flexibility index (Phi) is 5.86. The van der Waals surface area contributed by atoms with E-state index in [-0.39, 0.29) is 0 Å². The molecule has 4 heteroatoms. The molecule has 0 amide bonds. The molecule has 0 saturated carbocycles. The van der Waals surface area contributed by atoms with Crippen molar-refractivity contribution >= 4 is 34.1 Å². The molecule has 26 heavy (non-hydrogen) atoms. The van der Waals surface area contributed by atoms with Crippen molar-refractivity contribution in [3.8, 4) is 0 Å². The normalized spacial score (nSPS) is 12.7. The molecule has 1 aromatic heterocycles. The van der Waals surface area contributed by atoms with Crippen molar-refractivity contribution in [1.29, 1.82) is 0 Å². The number of aromatic nitrogens is 1. The lowest BCUT2D eigenvalue weighted by Gasteiger charge is -2.21.